The van der Waals surface area contributed by atoms with Gasteiger partial charge in [0.2, 0.25) is 0 Å². The molecular formula is C16H15BrClN. The first kappa shape index (κ1) is 13.0. The van der Waals surface area contributed by atoms with E-state index in [1.165, 1.54) is 16.8 Å². The van der Waals surface area contributed by atoms with Crippen molar-refractivity contribution in [2.45, 2.75) is 25.9 Å². The third kappa shape index (κ3) is 2.52. The van der Waals surface area contributed by atoms with Gasteiger partial charge in [-0.05, 0) is 42.7 Å². The summed E-state index contributed by atoms with van der Waals surface area (Å²) in [5, 5.41) is 0.825. The van der Waals surface area contributed by atoms with Crippen LogP contribution in [-0.2, 0) is 13.0 Å². The van der Waals surface area contributed by atoms with E-state index in [0.717, 1.165) is 22.5 Å². The lowest BCUT2D eigenvalue weighted by Crippen LogP contribution is -2.28. The molecule has 3 rings (SSSR count). The predicted molar refractivity (Wildman–Crippen MR) is 84.9 cm³/mol. The van der Waals surface area contributed by atoms with Gasteiger partial charge < -0.3 is 4.90 Å². The highest BCUT2D eigenvalue weighted by molar-refractivity contribution is 9.10. The quantitative estimate of drug-likeness (QED) is 0.741. The number of fused-ring (bicyclic) bond motifs is 1. The molecule has 0 radical (unpaired) electrons. The Labute approximate surface area is 127 Å². The molecule has 1 aliphatic heterocycles. The molecule has 98 valence electrons. The van der Waals surface area contributed by atoms with Crippen LogP contribution in [0, 0.1) is 0 Å². The van der Waals surface area contributed by atoms with Crippen LogP contribution in [0.2, 0.25) is 5.02 Å². The fraction of sp³-hybridized carbons (Fsp3) is 0.250. The van der Waals surface area contributed by atoms with Gasteiger partial charge in [0, 0.05) is 27.8 Å². The number of rotatable bonds is 2. The maximum atomic E-state index is 6.33. The molecular weight excluding hydrogens is 322 g/mol. The van der Waals surface area contributed by atoms with Gasteiger partial charge in [-0.15, -0.1) is 0 Å². The van der Waals surface area contributed by atoms with Crippen molar-refractivity contribution in [2.75, 3.05) is 4.90 Å². The van der Waals surface area contributed by atoms with E-state index in [1.54, 1.807) is 0 Å². The third-order valence-corrected chi connectivity index (χ3v) is 4.55. The maximum absolute atomic E-state index is 6.33. The molecule has 2 aromatic carbocycles. The van der Waals surface area contributed by atoms with Crippen LogP contribution in [0.3, 0.4) is 0 Å². The van der Waals surface area contributed by atoms with Crippen LogP contribution >= 0.6 is 27.5 Å². The van der Waals surface area contributed by atoms with Gasteiger partial charge >= 0.3 is 0 Å². The van der Waals surface area contributed by atoms with E-state index in [0.29, 0.717) is 6.04 Å². The van der Waals surface area contributed by atoms with Gasteiger partial charge in [0.15, 0.2) is 0 Å². The van der Waals surface area contributed by atoms with Gasteiger partial charge in [0.05, 0.1) is 0 Å². The number of hydrogen-bond donors (Lipinski definition) is 0. The predicted octanol–water partition coefficient (Wildman–Crippen LogP) is 5.05. The Morgan fingerprint density at radius 2 is 2.05 bits per heavy atom. The molecule has 3 heteroatoms. The lowest BCUT2D eigenvalue weighted by Gasteiger charge is -2.25. The van der Waals surface area contributed by atoms with Crippen molar-refractivity contribution in [3.63, 3.8) is 0 Å². The van der Waals surface area contributed by atoms with Crippen LogP contribution in [0.5, 0.6) is 0 Å². The zero-order chi connectivity index (χ0) is 13.4. The SMILES string of the molecule is CC1Cc2ccccc2N1Cc1ccc(Br)cc1Cl. The number of para-hydroxylation sites is 1. The van der Waals surface area contributed by atoms with E-state index in [9.17, 15) is 0 Å². The highest BCUT2D eigenvalue weighted by Crippen LogP contribution is 2.34. The zero-order valence-corrected chi connectivity index (χ0v) is 13.1. The minimum atomic E-state index is 0.525. The molecule has 2 aromatic rings. The molecule has 1 atom stereocenters. The molecule has 1 aliphatic rings. The van der Waals surface area contributed by atoms with Crippen molar-refractivity contribution in [3.05, 3.63) is 63.1 Å². The fourth-order valence-corrected chi connectivity index (χ4v) is 3.44. The summed E-state index contributed by atoms with van der Waals surface area (Å²) < 4.78 is 1.02. The molecule has 0 saturated heterocycles. The van der Waals surface area contributed by atoms with Crippen LogP contribution in [0.4, 0.5) is 5.69 Å². The van der Waals surface area contributed by atoms with Gasteiger partial charge in [-0.25, -0.2) is 0 Å². The summed E-state index contributed by atoms with van der Waals surface area (Å²) >= 11 is 9.77. The van der Waals surface area contributed by atoms with E-state index in [-0.39, 0.29) is 0 Å². The van der Waals surface area contributed by atoms with Gasteiger partial charge in [-0.3, -0.25) is 0 Å². The van der Waals surface area contributed by atoms with Crippen molar-refractivity contribution in [2.24, 2.45) is 0 Å². The molecule has 0 fully saturated rings. The number of hydrogen-bond acceptors (Lipinski definition) is 1. The molecule has 0 aliphatic carbocycles. The van der Waals surface area contributed by atoms with Crippen LogP contribution in [0.15, 0.2) is 46.9 Å². The van der Waals surface area contributed by atoms with Crippen molar-refractivity contribution in [1.29, 1.82) is 0 Å². The largest absolute Gasteiger partial charge is 0.364 e. The summed E-state index contributed by atoms with van der Waals surface area (Å²) in [4.78, 5) is 2.43. The van der Waals surface area contributed by atoms with Gasteiger partial charge in [-0.1, -0.05) is 51.8 Å². The number of benzene rings is 2. The van der Waals surface area contributed by atoms with Crippen LogP contribution in [-0.4, -0.2) is 6.04 Å². The van der Waals surface area contributed by atoms with Crippen molar-refractivity contribution in [1.82, 2.24) is 0 Å². The molecule has 19 heavy (non-hydrogen) atoms. The fourth-order valence-electron chi connectivity index (χ4n) is 2.70. The maximum Gasteiger partial charge on any atom is 0.0467 e. The van der Waals surface area contributed by atoms with E-state index in [1.807, 2.05) is 12.1 Å². The molecule has 1 heterocycles. The normalized spacial score (nSPS) is 17.6. The Morgan fingerprint density at radius 3 is 2.84 bits per heavy atom. The smallest absolute Gasteiger partial charge is 0.0467 e. The molecule has 0 bridgehead atoms. The molecule has 0 amide bonds. The highest BCUT2D eigenvalue weighted by atomic mass is 79.9. The van der Waals surface area contributed by atoms with Crippen molar-refractivity contribution < 1.29 is 0 Å². The van der Waals surface area contributed by atoms with E-state index >= 15 is 0 Å². The van der Waals surface area contributed by atoms with Crippen LogP contribution < -0.4 is 4.90 Å². The average Bonchev–Trinajstić information content (AvgIpc) is 2.69. The third-order valence-electron chi connectivity index (χ3n) is 3.70. The lowest BCUT2D eigenvalue weighted by atomic mass is 10.1. The number of nitrogens with zero attached hydrogens (tertiary/aromatic N) is 1. The Balaban J connectivity index is 1.91. The first-order valence-corrected chi connectivity index (χ1v) is 7.61. The summed E-state index contributed by atoms with van der Waals surface area (Å²) in [6.07, 6.45) is 1.12. The Hall–Kier alpha value is -0.990. The summed E-state index contributed by atoms with van der Waals surface area (Å²) in [5.41, 5.74) is 3.95. The van der Waals surface area contributed by atoms with Gasteiger partial charge in [0.25, 0.3) is 0 Å². The minimum Gasteiger partial charge on any atom is -0.364 e. The molecule has 1 unspecified atom stereocenters. The average molecular weight is 337 g/mol. The number of anilines is 1. The Kier molecular flexibility index (Phi) is 3.55. The molecule has 0 N–H and O–H groups in total. The van der Waals surface area contributed by atoms with E-state index in [2.05, 4.69) is 58.1 Å². The monoisotopic (exact) mass is 335 g/mol. The minimum absolute atomic E-state index is 0.525. The highest BCUT2D eigenvalue weighted by Gasteiger charge is 2.25. The molecule has 0 aromatic heterocycles. The number of halogens is 2. The Morgan fingerprint density at radius 1 is 1.26 bits per heavy atom. The molecule has 0 saturated carbocycles. The lowest BCUT2D eigenvalue weighted by molar-refractivity contribution is 0.672. The zero-order valence-electron chi connectivity index (χ0n) is 10.7. The van der Waals surface area contributed by atoms with Gasteiger partial charge in [0.1, 0.15) is 0 Å². The van der Waals surface area contributed by atoms with Crippen molar-refractivity contribution in [3.8, 4) is 0 Å². The Bertz CT molecular complexity index is 611. The summed E-state index contributed by atoms with van der Waals surface area (Å²) in [7, 11) is 0. The van der Waals surface area contributed by atoms with Crippen LogP contribution in [0.25, 0.3) is 0 Å². The second-order valence-corrected chi connectivity index (χ2v) is 6.37. The molecule has 1 nitrogen and oxygen atoms in total. The second-order valence-electron chi connectivity index (χ2n) is 5.05. The van der Waals surface area contributed by atoms with E-state index < -0.39 is 0 Å². The second kappa shape index (κ2) is 5.18. The first-order chi connectivity index (χ1) is 9.15. The summed E-state index contributed by atoms with van der Waals surface area (Å²) in [5.74, 6) is 0. The first-order valence-electron chi connectivity index (χ1n) is 6.43. The van der Waals surface area contributed by atoms with Gasteiger partial charge in [-0.2, -0.15) is 0 Å². The topological polar surface area (TPSA) is 3.24 Å². The van der Waals surface area contributed by atoms with Crippen LogP contribution in [0.1, 0.15) is 18.1 Å². The van der Waals surface area contributed by atoms with Crippen molar-refractivity contribution >= 4 is 33.2 Å². The summed E-state index contributed by atoms with van der Waals surface area (Å²) in [6.45, 7) is 3.14. The summed E-state index contributed by atoms with van der Waals surface area (Å²) in [6, 6.07) is 15.3. The van der Waals surface area contributed by atoms with E-state index in [4.69, 9.17) is 11.6 Å². The standard InChI is InChI=1S/C16H15BrClN/c1-11-8-12-4-2-3-5-16(12)19(11)10-13-6-7-14(17)9-15(13)18/h2-7,9,11H,8,10H2,1H3. The molecule has 0 spiro atoms.